The van der Waals surface area contributed by atoms with Gasteiger partial charge >= 0.3 is 0 Å². The average Bonchev–Trinajstić information content (AvgIpc) is 4.24. The highest BCUT2D eigenvalue weighted by Crippen LogP contribution is 2.46. The summed E-state index contributed by atoms with van der Waals surface area (Å²) >= 11 is 0. The zero-order valence-corrected chi connectivity index (χ0v) is 41.6. The summed E-state index contributed by atoms with van der Waals surface area (Å²) < 4.78 is 2.45. The molecular formula is C60H59N11. The van der Waals surface area contributed by atoms with Gasteiger partial charge in [-0.25, -0.2) is 9.97 Å². The Morgan fingerprint density at radius 2 is 0.648 bits per heavy atom. The van der Waals surface area contributed by atoms with Crippen molar-refractivity contribution in [1.82, 2.24) is 14.5 Å². The molecule has 7 heterocycles. The van der Waals surface area contributed by atoms with Crippen LogP contribution in [0.15, 0.2) is 183 Å². The van der Waals surface area contributed by atoms with Crippen molar-refractivity contribution in [1.29, 1.82) is 0 Å². The zero-order chi connectivity index (χ0) is 48.5. The van der Waals surface area contributed by atoms with Gasteiger partial charge in [-0.3, -0.25) is 0 Å². The number of nitrogens with zero attached hydrogens (tertiary/aromatic N) is 11. The van der Waals surface area contributed by atoms with Crippen LogP contribution in [0.4, 0.5) is 45.8 Å². The quantitative estimate of drug-likeness (QED) is 0.140. The van der Waals surface area contributed by atoms with Crippen LogP contribution in [0.2, 0.25) is 0 Å². The van der Waals surface area contributed by atoms with Crippen LogP contribution < -0.4 is 39.2 Å². The minimum Gasteiger partial charge on any atom is -0.328 e. The van der Waals surface area contributed by atoms with Crippen LogP contribution in [0.3, 0.4) is 0 Å². The number of aryl methyl sites for hydroxylation is 4. The first-order chi connectivity index (χ1) is 34.4. The summed E-state index contributed by atoms with van der Waals surface area (Å²) in [6, 6.07) is 44.3. The fraction of sp³-hybridized carbons (Fsp3) is 0.200. The molecule has 0 saturated carbocycles. The van der Waals surface area contributed by atoms with E-state index in [1.807, 2.05) is 12.4 Å². The number of pyridine rings is 2. The summed E-state index contributed by atoms with van der Waals surface area (Å²) in [5.41, 5.74) is 16.1. The van der Waals surface area contributed by atoms with E-state index in [1.54, 1.807) is 0 Å². The standard InChI is InChI=1S/C60H59N11/c1-42-8-16-46(17-9-42)63-24-28-67(38-63)55-32-50(33-56(59(55)60(5,6)7)68-29-25-64(39-68)47-18-10-43(2)11-19-47)71-53-34-57(69-30-26-65(40-69)48-20-12-44(3)13-21-48)61-36-51(53)52-37-62-58(35-54(52)71)70-31-27-66(41-70)49-22-14-45(4)15-23-49/h8-37H,38-41H2,1-7H3. The van der Waals surface area contributed by atoms with Crippen LogP contribution in [0.5, 0.6) is 0 Å². The van der Waals surface area contributed by atoms with Crippen molar-refractivity contribution >= 4 is 67.6 Å². The first-order valence-electron chi connectivity index (χ1n) is 24.5. The topological polar surface area (TPSA) is 56.6 Å². The van der Waals surface area contributed by atoms with Gasteiger partial charge in [0, 0.05) is 113 Å². The number of hydrogen-bond acceptors (Lipinski definition) is 10. The Labute approximate surface area is 417 Å². The molecule has 12 rings (SSSR count). The Bertz CT molecular complexity index is 3220. The molecule has 354 valence electrons. The van der Waals surface area contributed by atoms with Gasteiger partial charge in [-0.05, 0) is 93.8 Å². The minimum absolute atomic E-state index is 0.231. The van der Waals surface area contributed by atoms with Crippen LogP contribution >= 0.6 is 0 Å². The third kappa shape index (κ3) is 8.16. The van der Waals surface area contributed by atoms with E-state index in [9.17, 15) is 0 Å². The van der Waals surface area contributed by atoms with Crippen LogP contribution in [0.1, 0.15) is 48.6 Å². The van der Waals surface area contributed by atoms with Gasteiger partial charge in [0.05, 0.1) is 41.4 Å². The second-order valence-corrected chi connectivity index (χ2v) is 20.4. The SMILES string of the molecule is Cc1ccc(N2C=CN(c3cc4c(cn3)c3cnc(N5C=CN(c6ccc(C)cc6)C5)cc3n4-c3cc(N4C=CN(c5ccc(C)cc5)C4)c(C(C)(C)C)c(N4C=CN(c5ccc(C)cc5)C4)c3)C2)cc1. The van der Waals surface area contributed by atoms with Gasteiger partial charge in [0.1, 0.15) is 25.0 Å². The average molecular weight is 934 g/mol. The van der Waals surface area contributed by atoms with Crippen molar-refractivity contribution in [3.05, 3.63) is 211 Å². The molecule has 0 bridgehead atoms. The van der Waals surface area contributed by atoms with Gasteiger partial charge < -0.3 is 43.8 Å². The molecule has 5 aromatic carbocycles. The number of anilines is 8. The lowest BCUT2D eigenvalue weighted by molar-refractivity contribution is 0.589. The molecule has 0 atom stereocenters. The smallest absolute Gasteiger partial charge is 0.136 e. The van der Waals surface area contributed by atoms with E-state index in [-0.39, 0.29) is 5.41 Å². The van der Waals surface area contributed by atoms with Crippen molar-refractivity contribution in [2.45, 2.75) is 53.9 Å². The zero-order valence-electron chi connectivity index (χ0n) is 41.6. The largest absolute Gasteiger partial charge is 0.328 e. The highest BCUT2D eigenvalue weighted by Gasteiger charge is 2.32. The number of fused-ring (bicyclic) bond motifs is 3. The van der Waals surface area contributed by atoms with Crippen LogP contribution in [0, 0.1) is 27.7 Å². The molecule has 8 aromatic rings. The summed E-state index contributed by atoms with van der Waals surface area (Å²) in [4.78, 5) is 28.8. The minimum atomic E-state index is -0.231. The lowest BCUT2D eigenvalue weighted by atomic mass is 9.83. The van der Waals surface area contributed by atoms with E-state index in [4.69, 9.17) is 9.97 Å². The van der Waals surface area contributed by atoms with Crippen molar-refractivity contribution in [2.24, 2.45) is 0 Å². The molecule has 0 unspecified atom stereocenters. The monoisotopic (exact) mass is 933 g/mol. The Morgan fingerprint density at radius 1 is 0.352 bits per heavy atom. The molecule has 0 N–H and O–H groups in total. The Hall–Kier alpha value is -8.44. The fourth-order valence-electron chi connectivity index (χ4n) is 10.2. The van der Waals surface area contributed by atoms with Gasteiger partial charge in [-0.1, -0.05) is 91.6 Å². The third-order valence-electron chi connectivity index (χ3n) is 14.2. The molecule has 3 aromatic heterocycles. The maximum absolute atomic E-state index is 5.16. The number of hydrogen-bond donors (Lipinski definition) is 0. The van der Waals surface area contributed by atoms with Crippen LogP contribution in [-0.4, -0.2) is 41.2 Å². The van der Waals surface area contributed by atoms with Crippen molar-refractivity contribution < 1.29 is 0 Å². The van der Waals surface area contributed by atoms with Crippen molar-refractivity contribution in [3.8, 4) is 5.69 Å². The van der Waals surface area contributed by atoms with E-state index in [0.29, 0.717) is 26.7 Å². The second kappa shape index (κ2) is 17.2. The van der Waals surface area contributed by atoms with Gasteiger partial charge in [0.2, 0.25) is 0 Å². The Balaban J connectivity index is 1.03. The highest BCUT2D eigenvalue weighted by molar-refractivity contribution is 6.10. The molecule has 0 saturated heterocycles. The van der Waals surface area contributed by atoms with Gasteiger partial charge in [-0.15, -0.1) is 0 Å². The van der Waals surface area contributed by atoms with Crippen LogP contribution in [-0.2, 0) is 5.41 Å². The number of rotatable bonds is 9. The van der Waals surface area contributed by atoms with E-state index in [0.717, 1.165) is 73.3 Å². The number of aromatic nitrogens is 3. The Morgan fingerprint density at radius 3 is 0.972 bits per heavy atom. The molecule has 0 aliphatic carbocycles. The third-order valence-corrected chi connectivity index (χ3v) is 14.2. The fourth-order valence-corrected chi connectivity index (χ4v) is 10.2. The molecule has 11 heteroatoms. The maximum Gasteiger partial charge on any atom is 0.136 e. The lowest BCUT2D eigenvalue weighted by Crippen LogP contribution is -2.31. The summed E-state index contributed by atoms with van der Waals surface area (Å²) in [5, 5.41) is 2.08. The van der Waals surface area contributed by atoms with Gasteiger partial charge in [0.25, 0.3) is 0 Å². The van der Waals surface area contributed by atoms with Crippen LogP contribution in [0.25, 0.3) is 27.5 Å². The maximum atomic E-state index is 5.16. The van der Waals surface area contributed by atoms with Crippen molar-refractivity contribution in [2.75, 3.05) is 65.9 Å². The summed E-state index contributed by atoms with van der Waals surface area (Å²) in [6.45, 7) is 18.2. The van der Waals surface area contributed by atoms with Crippen molar-refractivity contribution in [3.63, 3.8) is 0 Å². The first-order valence-corrected chi connectivity index (χ1v) is 24.5. The first kappa shape index (κ1) is 43.8. The molecule has 0 fully saturated rings. The van der Waals surface area contributed by atoms with E-state index < -0.39 is 0 Å². The molecule has 0 amide bonds. The number of benzene rings is 5. The molecular weight excluding hydrogens is 875 g/mol. The predicted octanol–water partition coefficient (Wildman–Crippen LogP) is 13.1. The molecule has 0 radical (unpaired) electrons. The Kier molecular flexibility index (Phi) is 10.6. The second-order valence-electron chi connectivity index (χ2n) is 20.4. The van der Waals surface area contributed by atoms with E-state index in [2.05, 4.69) is 263 Å². The van der Waals surface area contributed by atoms with E-state index >= 15 is 0 Å². The van der Waals surface area contributed by atoms with E-state index in [1.165, 1.54) is 27.8 Å². The van der Waals surface area contributed by atoms with Gasteiger partial charge in [-0.2, -0.15) is 0 Å². The molecule has 4 aliphatic rings. The summed E-state index contributed by atoms with van der Waals surface area (Å²) in [7, 11) is 0. The molecule has 11 nitrogen and oxygen atoms in total. The van der Waals surface area contributed by atoms with Gasteiger partial charge in [0.15, 0.2) is 0 Å². The summed E-state index contributed by atoms with van der Waals surface area (Å²) in [5.74, 6) is 1.74. The highest BCUT2D eigenvalue weighted by atomic mass is 15.4. The summed E-state index contributed by atoms with van der Waals surface area (Å²) in [6.07, 6.45) is 21.5. The lowest BCUT2D eigenvalue weighted by Gasteiger charge is -2.34. The molecule has 71 heavy (non-hydrogen) atoms. The molecule has 4 aliphatic heterocycles. The molecule has 0 spiro atoms. The predicted molar refractivity (Wildman–Crippen MR) is 296 cm³/mol. The normalized spacial score (nSPS) is 15.7.